The van der Waals surface area contributed by atoms with E-state index in [-0.39, 0.29) is 12.3 Å². The summed E-state index contributed by atoms with van der Waals surface area (Å²) in [6.45, 7) is 2.68. The van der Waals surface area contributed by atoms with Gasteiger partial charge >= 0.3 is 0 Å². The lowest BCUT2D eigenvalue weighted by Crippen LogP contribution is -2.49. The normalized spacial score (nSPS) is 14.0. The van der Waals surface area contributed by atoms with E-state index in [2.05, 4.69) is 14.9 Å². The number of carbonyl (C=O) groups excluding carboxylic acids is 1. The monoisotopic (exact) mass is 372 g/mol. The molecule has 0 radical (unpaired) electrons. The van der Waals surface area contributed by atoms with Crippen molar-refractivity contribution >= 4 is 11.9 Å². The molecule has 8 nitrogen and oxygen atoms in total. The van der Waals surface area contributed by atoms with Gasteiger partial charge in [-0.25, -0.2) is 9.97 Å². The molecule has 0 unspecified atom stereocenters. The number of hydrogen-bond acceptors (Lipinski definition) is 7. The maximum Gasteiger partial charge on any atom is 0.227 e. The second kappa shape index (κ2) is 8.57. The number of carbonyl (C=O) groups is 1. The zero-order valence-electron chi connectivity index (χ0n) is 15.8. The molecule has 0 atom stereocenters. The maximum absolute atomic E-state index is 12.8. The molecule has 0 aliphatic carbocycles. The molecule has 0 saturated carbocycles. The molecule has 3 rings (SSSR count). The van der Waals surface area contributed by atoms with E-state index in [9.17, 15) is 4.79 Å². The Hall–Kier alpha value is -3.03. The predicted octanol–water partition coefficient (Wildman–Crippen LogP) is 1.39. The molecule has 1 aromatic heterocycles. The molecule has 1 fully saturated rings. The molecular formula is C19H24N4O4. The topological polar surface area (TPSA) is 77.0 Å². The van der Waals surface area contributed by atoms with Crippen LogP contribution in [0.2, 0.25) is 0 Å². The molecule has 2 heterocycles. The Morgan fingerprint density at radius 1 is 0.963 bits per heavy atom. The molecular weight excluding hydrogens is 348 g/mol. The van der Waals surface area contributed by atoms with E-state index in [1.807, 2.05) is 11.0 Å². The molecule has 1 aromatic carbocycles. The van der Waals surface area contributed by atoms with Crippen LogP contribution in [0.25, 0.3) is 0 Å². The number of benzene rings is 1. The van der Waals surface area contributed by atoms with Gasteiger partial charge in [0.1, 0.15) is 0 Å². The zero-order valence-corrected chi connectivity index (χ0v) is 15.8. The SMILES string of the molecule is COc1ccc(CC(=O)N2CCN(c3ncccn3)CC2)c(OC)c1OC. The smallest absolute Gasteiger partial charge is 0.227 e. The second-order valence-electron chi connectivity index (χ2n) is 6.09. The summed E-state index contributed by atoms with van der Waals surface area (Å²) in [5.74, 6) is 2.35. The van der Waals surface area contributed by atoms with E-state index in [1.165, 1.54) is 0 Å². The molecule has 1 aliphatic heterocycles. The number of hydrogen-bond donors (Lipinski definition) is 0. The van der Waals surface area contributed by atoms with Crippen LogP contribution in [0, 0.1) is 0 Å². The van der Waals surface area contributed by atoms with E-state index >= 15 is 0 Å². The van der Waals surface area contributed by atoms with Crippen LogP contribution in [0.5, 0.6) is 17.2 Å². The van der Waals surface area contributed by atoms with Crippen LogP contribution in [-0.4, -0.2) is 68.3 Å². The number of rotatable bonds is 6. The number of methoxy groups -OCH3 is 3. The quantitative estimate of drug-likeness (QED) is 0.758. The summed E-state index contributed by atoms with van der Waals surface area (Å²) in [7, 11) is 4.68. The van der Waals surface area contributed by atoms with Gasteiger partial charge in [-0.3, -0.25) is 4.79 Å². The Morgan fingerprint density at radius 2 is 1.63 bits per heavy atom. The molecule has 144 valence electrons. The first-order chi connectivity index (χ1) is 13.2. The van der Waals surface area contributed by atoms with Crippen molar-refractivity contribution in [2.75, 3.05) is 52.4 Å². The van der Waals surface area contributed by atoms with Crippen molar-refractivity contribution < 1.29 is 19.0 Å². The third-order valence-corrected chi connectivity index (χ3v) is 4.59. The summed E-state index contributed by atoms with van der Waals surface area (Å²) in [5.41, 5.74) is 0.772. The molecule has 2 aromatic rings. The van der Waals surface area contributed by atoms with Gasteiger partial charge in [0.2, 0.25) is 17.6 Å². The maximum atomic E-state index is 12.8. The number of amides is 1. The van der Waals surface area contributed by atoms with Crippen molar-refractivity contribution in [1.29, 1.82) is 0 Å². The lowest BCUT2D eigenvalue weighted by atomic mass is 10.1. The van der Waals surface area contributed by atoms with Crippen LogP contribution < -0.4 is 19.1 Å². The lowest BCUT2D eigenvalue weighted by Gasteiger charge is -2.34. The van der Waals surface area contributed by atoms with E-state index in [1.54, 1.807) is 45.9 Å². The number of piperazine rings is 1. The summed E-state index contributed by atoms with van der Waals surface area (Å²) < 4.78 is 16.2. The fraction of sp³-hybridized carbons (Fsp3) is 0.421. The third-order valence-electron chi connectivity index (χ3n) is 4.59. The highest BCUT2D eigenvalue weighted by molar-refractivity contribution is 5.80. The van der Waals surface area contributed by atoms with Gasteiger partial charge in [0.05, 0.1) is 27.8 Å². The van der Waals surface area contributed by atoms with Crippen molar-refractivity contribution in [1.82, 2.24) is 14.9 Å². The van der Waals surface area contributed by atoms with Gasteiger partial charge in [-0.1, -0.05) is 6.07 Å². The first-order valence-electron chi connectivity index (χ1n) is 8.75. The Morgan fingerprint density at radius 3 is 2.22 bits per heavy atom. The highest BCUT2D eigenvalue weighted by Gasteiger charge is 2.24. The molecule has 27 heavy (non-hydrogen) atoms. The van der Waals surface area contributed by atoms with E-state index in [4.69, 9.17) is 14.2 Å². The summed E-state index contributed by atoms with van der Waals surface area (Å²) >= 11 is 0. The average molecular weight is 372 g/mol. The van der Waals surface area contributed by atoms with Gasteiger partial charge in [0, 0.05) is 44.1 Å². The van der Waals surface area contributed by atoms with Crippen molar-refractivity contribution in [3.8, 4) is 17.2 Å². The summed E-state index contributed by atoms with van der Waals surface area (Å²) in [5, 5.41) is 0. The molecule has 1 amide bonds. The first-order valence-corrected chi connectivity index (χ1v) is 8.75. The lowest BCUT2D eigenvalue weighted by molar-refractivity contribution is -0.130. The Labute approximate surface area is 158 Å². The summed E-state index contributed by atoms with van der Waals surface area (Å²) in [6, 6.07) is 5.42. The number of anilines is 1. The second-order valence-corrected chi connectivity index (χ2v) is 6.09. The Bertz CT molecular complexity index is 777. The highest BCUT2D eigenvalue weighted by atomic mass is 16.5. The van der Waals surface area contributed by atoms with Gasteiger partial charge in [0.25, 0.3) is 0 Å². The average Bonchev–Trinajstić information content (AvgIpc) is 2.73. The molecule has 1 saturated heterocycles. The van der Waals surface area contributed by atoms with Gasteiger partial charge in [-0.2, -0.15) is 0 Å². The first kappa shape index (κ1) is 18.8. The van der Waals surface area contributed by atoms with Crippen LogP contribution in [0.1, 0.15) is 5.56 Å². The van der Waals surface area contributed by atoms with Crippen LogP contribution in [0.4, 0.5) is 5.95 Å². The fourth-order valence-electron chi connectivity index (χ4n) is 3.19. The van der Waals surface area contributed by atoms with Gasteiger partial charge in [0.15, 0.2) is 11.5 Å². The minimum atomic E-state index is 0.0501. The molecule has 0 bridgehead atoms. The summed E-state index contributed by atoms with van der Waals surface area (Å²) in [6.07, 6.45) is 3.69. The number of aromatic nitrogens is 2. The van der Waals surface area contributed by atoms with Gasteiger partial charge in [-0.15, -0.1) is 0 Å². The minimum Gasteiger partial charge on any atom is -0.493 e. The van der Waals surface area contributed by atoms with Crippen LogP contribution in [0.3, 0.4) is 0 Å². The number of nitrogens with zero attached hydrogens (tertiary/aromatic N) is 4. The summed E-state index contributed by atoms with van der Waals surface area (Å²) in [4.78, 5) is 25.3. The van der Waals surface area contributed by atoms with Crippen molar-refractivity contribution in [3.63, 3.8) is 0 Å². The van der Waals surface area contributed by atoms with Gasteiger partial charge < -0.3 is 24.0 Å². The Kier molecular flexibility index (Phi) is 5.95. The van der Waals surface area contributed by atoms with Crippen LogP contribution >= 0.6 is 0 Å². The van der Waals surface area contributed by atoms with Crippen molar-refractivity contribution in [2.24, 2.45) is 0 Å². The number of ether oxygens (including phenoxy) is 3. The van der Waals surface area contributed by atoms with E-state index < -0.39 is 0 Å². The predicted molar refractivity (Wildman–Crippen MR) is 101 cm³/mol. The molecule has 8 heteroatoms. The molecule has 0 N–H and O–H groups in total. The zero-order chi connectivity index (χ0) is 19.2. The molecule has 1 aliphatic rings. The molecule has 0 spiro atoms. The van der Waals surface area contributed by atoms with Crippen LogP contribution in [0.15, 0.2) is 30.6 Å². The largest absolute Gasteiger partial charge is 0.493 e. The van der Waals surface area contributed by atoms with E-state index in [0.29, 0.717) is 49.4 Å². The highest BCUT2D eigenvalue weighted by Crippen LogP contribution is 2.40. The van der Waals surface area contributed by atoms with Gasteiger partial charge in [-0.05, 0) is 12.1 Å². The standard InChI is InChI=1S/C19H24N4O4/c1-25-15-6-5-14(17(26-2)18(15)27-3)13-16(24)22-9-11-23(12-10-22)19-20-7-4-8-21-19/h4-8H,9-13H2,1-3H3. The van der Waals surface area contributed by atoms with Crippen molar-refractivity contribution in [2.45, 2.75) is 6.42 Å². The van der Waals surface area contributed by atoms with Crippen LogP contribution in [-0.2, 0) is 11.2 Å². The minimum absolute atomic E-state index is 0.0501. The third kappa shape index (κ3) is 4.05. The van der Waals surface area contributed by atoms with Crippen molar-refractivity contribution in [3.05, 3.63) is 36.2 Å². The Balaban J connectivity index is 1.66. The fourth-order valence-corrected chi connectivity index (χ4v) is 3.19. The van der Waals surface area contributed by atoms with E-state index in [0.717, 1.165) is 5.56 Å².